The Morgan fingerprint density at radius 1 is 1.06 bits per heavy atom. The lowest BCUT2D eigenvalue weighted by atomic mass is 9.87. The fourth-order valence-electron chi connectivity index (χ4n) is 6.87. The van der Waals surface area contributed by atoms with E-state index >= 15 is 0 Å². The highest BCUT2D eigenvalue weighted by Gasteiger charge is 2.62. The fraction of sp³-hybridized carbons (Fsp3) is 0.788. The second-order valence-corrected chi connectivity index (χ2v) is 16.8. The highest BCUT2D eigenvalue weighted by Crippen LogP contribution is 2.46. The highest BCUT2D eigenvalue weighted by atomic mass is 32.2. The number of fused-ring (bicyclic) bond motifs is 2. The number of sulfonamides is 1. The number of amides is 4. The zero-order chi connectivity index (χ0) is 34.7. The molecule has 5 rings (SSSR count). The van der Waals surface area contributed by atoms with Crippen LogP contribution in [0.1, 0.15) is 97.8 Å². The molecule has 3 saturated carbocycles. The van der Waals surface area contributed by atoms with Crippen LogP contribution in [0.2, 0.25) is 0 Å². The molecule has 4 amide bonds. The number of carbonyl (C=O) groups is 5. The van der Waals surface area contributed by atoms with Gasteiger partial charge >= 0.3 is 12.1 Å². The number of ether oxygens (including phenoxy) is 3. The Morgan fingerprint density at radius 2 is 1.79 bits per heavy atom. The molecule has 0 aromatic heterocycles. The van der Waals surface area contributed by atoms with Gasteiger partial charge in [-0.05, 0) is 71.6 Å². The molecule has 0 bridgehead atoms. The van der Waals surface area contributed by atoms with Crippen molar-refractivity contribution < 1.29 is 46.6 Å². The first-order valence-electron chi connectivity index (χ1n) is 17.3. The van der Waals surface area contributed by atoms with Crippen LogP contribution in [0.3, 0.4) is 0 Å². The Balaban J connectivity index is 1.38. The molecule has 4 fully saturated rings. The quantitative estimate of drug-likeness (QED) is 0.264. The van der Waals surface area contributed by atoms with Gasteiger partial charge in [0.1, 0.15) is 29.3 Å². The van der Waals surface area contributed by atoms with Gasteiger partial charge in [0.2, 0.25) is 21.8 Å². The van der Waals surface area contributed by atoms with Gasteiger partial charge in [-0.25, -0.2) is 13.2 Å². The summed E-state index contributed by atoms with van der Waals surface area (Å²) in [5.74, 6) is -2.73. The van der Waals surface area contributed by atoms with E-state index in [9.17, 15) is 32.4 Å². The Kier molecular flexibility index (Phi) is 11.1. The van der Waals surface area contributed by atoms with Crippen molar-refractivity contribution in [2.75, 3.05) is 19.8 Å². The molecule has 5 aliphatic rings. The Morgan fingerprint density at radius 3 is 2.48 bits per heavy atom. The van der Waals surface area contributed by atoms with Crippen molar-refractivity contribution in [3.05, 3.63) is 12.2 Å². The van der Waals surface area contributed by atoms with E-state index in [-0.39, 0.29) is 51.4 Å². The molecule has 0 unspecified atom stereocenters. The Hall–Kier alpha value is -3.20. The van der Waals surface area contributed by atoms with E-state index in [4.69, 9.17) is 14.2 Å². The second kappa shape index (κ2) is 14.7. The summed E-state index contributed by atoms with van der Waals surface area (Å²) >= 11 is 0. The first kappa shape index (κ1) is 36.1. The van der Waals surface area contributed by atoms with Crippen molar-refractivity contribution in [1.29, 1.82) is 0 Å². The van der Waals surface area contributed by atoms with Crippen molar-refractivity contribution >= 4 is 39.8 Å². The number of esters is 1. The lowest BCUT2D eigenvalue weighted by Gasteiger charge is -2.30. The molecule has 2 aliphatic heterocycles. The zero-order valence-electron chi connectivity index (χ0n) is 28.2. The Bertz CT molecular complexity index is 1380. The molecular formula is C33H50N4O10S. The molecule has 48 heavy (non-hydrogen) atoms. The highest BCUT2D eigenvalue weighted by molar-refractivity contribution is 7.91. The van der Waals surface area contributed by atoms with E-state index < -0.39 is 80.3 Å². The van der Waals surface area contributed by atoms with Crippen LogP contribution in [-0.2, 0) is 43.4 Å². The minimum absolute atomic E-state index is 0.0190. The smallest absolute Gasteiger partial charge is 0.408 e. The first-order valence-corrected chi connectivity index (χ1v) is 18.8. The lowest BCUT2D eigenvalue weighted by Crippen LogP contribution is -2.58. The number of alkyl carbamates (subject to hydrolysis) is 1. The van der Waals surface area contributed by atoms with Crippen LogP contribution in [-0.4, -0.2) is 97.4 Å². The Labute approximate surface area is 282 Å². The molecule has 1 saturated heterocycles. The predicted molar refractivity (Wildman–Crippen MR) is 173 cm³/mol. The predicted octanol–water partition coefficient (Wildman–Crippen LogP) is 2.21. The SMILES string of the molecule is CC(C)(C)OC(=O)N[C@H]1CCCOC/C=C\[C@H]2C[C@@]2(C(=O)NS(=O)(=O)C2CC2)NC(=O)[C@@H]2C[C@@H](OC(=O)CC3CCCCC3)CN2C1=O. The van der Waals surface area contributed by atoms with E-state index in [0.29, 0.717) is 19.3 Å². The van der Waals surface area contributed by atoms with Crippen molar-refractivity contribution in [2.24, 2.45) is 11.8 Å². The van der Waals surface area contributed by atoms with Crippen molar-refractivity contribution in [1.82, 2.24) is 20.3 Å². The standard InChI is InChI=1S/C33H50N4O10S/c1-32(2,3)47-31(42)34-25-12-8-16-45-15-7-11-22-19-33(22,30(41)36-48(43,44)24-13-14-24)35-28(39)26-18-23(20-37(26)29(25)40)46-27(38)17-21-9-5-4-6-10-21/h7,11,21-26H,4-6,8-10,12-20H2,1-3H3,(H,34,42)(H,35,39)(H,36,41)/b11-7-/t22-,23+,25-,26-,33+/m0/s1. The van der Waals surface area contributed by atoms with Crippen LogP contribution >= 0.6 is 0 Å². The molecule has 3 N–H and O–H groups in total. The van der Waals surface area contributed by atoms with Crippen LogP contribution < -0.4 is 15.4 Å². The average molecular weight is 695 g/mol. The maximum Gasteiger partial charge on any atom is 0.408 e. The van der Waals surface area contributed by atoms with Gasteiger partial charge in [-0.2, -0.15) is 0 Å². The molecule has 0 aromatic carbocycles. The monoisotopic (exact) mass is 694 g/mol. The summed E-state index contributed by atoms with van der Waals surface area (Å²) in [4.78, 5) is 68.8. The molecule has 15 heteroatoms. The van der Waals surface area contributed by atoms with Gasteiger partial charge in [0.05, 0.1) is 18.4 Å². The number of hydrogen-bond donors (Lipinski definition) is 3. The number of hydrogen-bond acceptors (Lipinski definition) is 10. The number of nitrogens with one attached hydrogen (secondary N) is 3. The van der Waals surface area contributed by atoms with Gasteiger partial charge in [-0.15, -0.1) is 0 Å². The molecule has 5 atom stereocenters. The van der Waals surface area contributed by atoms with E-state index in [2.05, 4.69) is 15.4 Å². The summed E-state index contributed by atoms with van der Waals surface area (Å²) in [6.07, 6.45) is 8.94. The van der Waals surface area contributed by atoms with Gasteiger partial charge in [-0.1, -0.05) is 31.4 Å². The molecule has 0 aromatic rings. The van der Waals surface area contributed by atoms with Gasteiger partial charge < -0.3 is 29.7 Å². The molecule has 3 aliphatic carbocycles. The number of carbonyl (C=O) groups excluding carboxylic acids is 5. The summed E-state index contributed by atoms with van der Waals surface area (Å²) in [5.41, 5.74) is -2.37. The second-order valence-electron chi connectivity index (χ2n) is 14.9. The largest absolute Gasteiger partial charge is 0.460 e. The topological polar surface area (TPSA) is 187 Å². The summed E-state index contributed by atoms with van der Waals surface area (Å²) < 4.78 is 44.5. The van der Waals surface area contributed by atoms with E-state index in [1.807, 2.05) is 0 Å². The third-order valence-corrected chi connectivity index (χ3v) is 11.5. The van der Waals surface area contributed by atoms with E-state index in [0.717, 1.165) is 32.1 Å². The summed E-state index contributed by atoms with van der Waals surface area (Å²) in [6.45, 7) is 5.48. The zero-order valence-corrected chi connectivity index (χ0v) is 29.0. The van der Waals surface area contributed by atoms with Crippen molar-refractivity contribution in [3.8, 4) is 0 Å². The molecule has 2 heterocycles. The minimum Gasteiger partial charge on any atom is -0.460 e. The van der Waals surface area contributed by atoms with Crippen LogP contribution in [0.25, 0.3) is 0 Å². The van der Waals surface area contributed by atoms with Crippen LogP contribution in [0.15, 0.2) is 12.2 Å². The summed E-state index contributed by atoms with van der Waals surface area (Å²) in [5, 5.41) is 4.79. The normalized spacial score (nSPS) is 31.2. The van der Waals surface area contributed by atoms with E-state index in [1.165, 1.54) is 4.90 Å². The molecule has 268 valence electrons. The maximum absolute atomic E-state index is 14.2. The van der Waals surface area contributed by atoms with Crippen molar-refractivity contribution in [3.63, 3.8) is 0 Å². The third-order valence-electron chi connectivity index (χ3n) is 9.64. The van der Waals surface area contributed by atoms with Crippen LogP contribution in [0.4, 0.5) is 4.79 Å². The molecule has 0 radical (unpaired) electrons. The summed E-state index contributed by atoms with van der Waals surface area (Å²) in [6, 6.07) is -2.23. The van der Waals surface area contributed by atoms with Gasteiger partial charge in [0.25, 0.3) is 5.91 Å². The van der Waals surface area contributed by atoms with Gasteiger partial charge in [-0.3, -0.25) is 23.9 Å². The summed E-state index contributed by atoms with van der Waals surface area (Å²) in [7, 11) is -3.90. The van der Waals surface area contributed by atoms with Crippen molar-refractivity contribution in [2.45, 2.75) is 132 Å². The first-order chi connectivity index (χ1) is 22.7. The lowest BCUT2D eigenvalue weighted by molar-refractivity contribution is -0.150. The van der Waals surface area contributed by atoms with Gasteiger partial charge in [0, 0.05) is 25.4 Å². The van der Waals surface area contributed by atoms with E-state index in [1.54, 1.807) is 32.9 Å². The van der Waals surface area contributed by atoms with Crippen LogP contribution in [0, 0.1) is 11.8 Å². The molecular weight excluding hydrogens is 644 g/mol. The third kappa shape index (κ3) is 9.27. The minimum atomic E-state index is -3.90. The maximum atomic E-state index is 14.2. The molecule has 0 spiro atoms. The van der Waals surface area contributed by atoms with Crippen LogP contribution in [0.5, 0.6) is 0 Å². The number of nitrogens with zero attached hydrogens (tertiary/aromatic N) is 1. The van der Waals surface area contributed by atoms with Gasteiger partial charge in [0.15, 0.2) is 0 Å². The average Bonchev–Trinajstić information content (AvgIpc) is 3.92. The molecule has 14 nitrogen and oxygen atoms in total. The fourth-order valence-corrected chi connectivity index (χ4v) is 8.23. The number of rotatable bonds is 7.